The summed E-state index contributed by atoms with van der Waals surface area (Å²) >= 11 is 0. The predicted octanol–water partition coefficient (Wildman–Crippen LogP) is 4.72. The Kier molecular flexibility index (Phi) is 7.94. The Morgan fingerprint density at radius 1 is 1.03 bits per heavy atom. The number of sulfonamides is 1. The molecule has 37 heavy (non-hydrogen) atoms. The maximum Gasteiger partial charge on any atom is 0.224 e. The highest BCUT2D eigenvalue weighted by molar-refractivity contribution is 7.89. The molecule has 3 aromatic rings. The van der Waals surface area contributed by atoms with Crippen LogP contribution in [0.25, 0.3) is 11.1 Å². The summed E-state index contributed by atoms with van der Waals surface area (Å²) in [6, 6.07) is 17.6. The lowest BCUT2D eigenvalue weighted by Gasteiger charge is -2.26. The van der Waals surface area contributed by atoms with Crippen LogP contribution in [0.5, 0.6) is 5.75 Å². The largest absolute Gasteiger partial charge is 0.485 e. The van der Waals surface area contributed by atoms with Crippen LogP contribution < -0.4 is 15.2 Å². The number of nitrogens with one attached hydrogen (secondary N) is 1. The van der Waals surface area contributed by atoms with Gasteiger partial charge in [0, 0.05) is 17.2 Å². The van der Waals surface area contributed by atoms with Crippen molar-refractivity contribution < 1.29 is 26.7 Å². The summed E-state index contributed by atoms with van der Waals surface area (Å²) in [5.74, 6) is -1.84. The minimum atomic E-state index is -3.44. The molecular formula is C28H30F2N2O4S. The number of amides is 1. The monoisotopic (exact) mass is 528 g/mol. The first-order valence-electron chi connectivity index (χ1n) is 12.2. The van der Waals surface area contributed by atoms with E-state index in [1.54, 1.807) is 25.1 Å². The van der Waals surface area contributed by atoms with Gasteiger partial charge in [0.1, 0.15) is 12.4 Å². The number of para-hydroxylation sites is 1. The number of ether oxygens (including phenoxy) is 1. The number of hydrogen-bond acceptors (Lipinski definition) is 4. The van der Waals surface area contributed by atoms with Crippen molar-refractivity contribution in [1.82, 2.24) is 4.72 Å². The summed E-state index contributed by atoms with van der Waals surface area (Å²) in [7, 11) is -3.44. The van der Waals surface area contributed by atoms with Gasteiger partial charge in [-0.15, -0.1) is 0 Å². The van der Waals surface area contributed by atoms with Crippen molar-refractivity contribution in [3.05, 3.63) is 89.5 Å². The zero-order valence-corrected chi connectivity index (χ0v) is 21.4. The first kappa shape index (κ1) is 26.8. The Morgan fingerprint density at radius 2 is 1.78 bits per heavy atom. The Bertz CT molecular complexity index is 1380. The number of nitrogens with two attached hydrogens (primary N) is 1. The average molecular weight is 529 g/mol. The van der Waals surface area contributed by atoms with E-state index in [0.29, 0.717) is 18.4 Å². The van der Waals surface area contributed by atoms with Crippen LogP contribution in [0.4, 0.5) is 8.78 Å². The first-order valence-corrected chi connectivity index (χ1v) is 13.8. The Hall–Kier alpha value is -3.30. The van der Waals surface area contributed by atoms with Gasteiger partial charge < -0.3 is 10.5 Å². The third kappa shape index (κ3) is 6.17. The molecule has 1 saturated carbocycles. The van der Waals surface area contributed by atoms with Crippen LogP contribution in [0.3, 0.4) is 0 Å². The van der Waals surface area contributed by atoms with E-state index < -0.39 is 39.0 Å². The normalized spacial score (nSPS) is 19.6. The molecule has 1 aliphatic rings. The summed E-state index contributed by atoms with van der Waals surface area (Å²) < 4.78 is 62.3. The number of benzene rings is 3. The highest BCUT2D eigenvalue weighted by Crippen LogP contribution is 2.42. The molecule has 3 N–H and O–H groups in total. The van der Waals surface area contributed by atoms with Gasteiger partial charge in [0.15, 0.2) is 11.6 Å². The number of rotatable bonds is 10. The fourth-order valence-electron chi connectivity index (χ4n) is 4.91. The standard InChI is InChI=1S/C28H30F2N2O4S/c1-2-37(34,35)32-21-13-14-28(17-21,27(31)33)16-20-11-12-24(29)23(15-20)22-9-6-10-25(30)26(22)36-18-19-7-4-3-5-8-19/h3-12,15,21,32H,2,13-14,16-18H2,1H3,(H2,31,33)/t21-,28+/m0/s1. The SMILES string of the molecule is CCS(=O)(=O)N[C@H]1CC[C@](Cc2ccc(F)c(-c3cccc(F)c3OCc3ccccc3)c2)(C(N)=O)C1. The quantitative estimate of drug-likeness (QED) is 0.398. The number of halogens is 2. The molecule has 1 aliphatic carbocycles. The Balaban J connectivity index is 1.62. The summed E-state index contributed by atoms with van der Waals surface area (Å²) in [6.45, 7) is 1.65. The van der Waals surface area contributed by atoms with E-state index in [9.17, 15) is 17.6 Å². The van der Waals surface area contributed by atoms with Crippen molar-refractivity contribution in [2.75, 3.05) is 5.75 Å². The van der Waals surface area contributed by atoms with Crippen molar-refractivity contribution in [2.24, 2.45) is 11.1 Å². The molecule has 0 unspecified atom stereocenters. The van der Waals surface area contributed by atoms with Crippen molar-refractivity contribution in [3.8, 4) is 16.9 Å². The van der Waals surface area contributed by atoms with Crippen LogP contribution in [0.15, 0.2) is 66.7 Å². The number of carbonyl (C=O) groups excluding carboxylic acids is 1. The number of primary amides is 1. The average Bonchev–Trinajstić information content (AvgIpc) is 3.28. The van der Waals surface area contributed by atoms with Gasteiger partial charge in [0.2, 0.25) is 15.9 Å². The van der Waals surface area contributed by atoms with Gasteiger partial charge in [-0.3, -0.25) is 4.79 Å². The molecule has 0 heterocycles. The van der Waals surface area contributed by atoms with Crippen molar-refractivity contribution in [3.63, 3.8) is 0 Å². The van der Waals surface area contributed by atoms with Gasteiger partial charge in [-0.05, 0) is 61.9 Å². The molecule has 0 radical (unpaired) electrons. The molecule has 2 atom stereocenters. The third-order valence-electron chi connectivity index (χ3n) is 6.91. The van der Waals surface area contributed by atoms with Crippen molar-refractivity contribution in [1.29, 1.82) is 0 Å². The first-order chi connectivity index (χ1) is 17.6. The van der Waals surface area contributed by atoms with E-state index in [1.807, 2.05) is 30.3 Å². The van der Waals surface area contributed by atoms with Gasteiger partial charge >= 0.3 is 0 Å². The van der Waals surface area contributed by atoms with Gasteiger partial charge in [-0.1, -0.05) is 48.5 Å². The minimum Gasteiger partial charge on any atom is -0.485 e. The fraction of sp³-hybridized carbons (Fsp3) is 0.321. The van der Waals surface area contributed by atoms with E-state index in [-0.39, 0.29) is 42.1 Å². The van der Waals surface area contributed by atoms with Gasteiger partial charge in [0.05, 0.1) is 11.2 Å². The van der Waals surface area contributed by atoms with E-state index in [2.05, 4.69) is 4.72 Å². The molecule has 0 aromatic heterocycles. The number of carbonyl (C=O) groups is 1. The van der Waals surface area contributed by atoms with Crippen molar-refractivity contribution in [2.45, 2.75) is 45.3 Å². The van der Waals surface area contributed by atoms with Gasteiger partial charge in [-0.25, -0.2) is 21.9 Å². The molecule has 4 rings (SSSR count). The Morgan fingerprint density at radius 3 is 2.49 bits per heavy atom. The second kappa shape index (κ2) is 11.0. The van der Waals surface area contributed by atoms with E-state index >= 15 is 4.39 Å². The van der Waals surface area contributed by atoms with E-state index in [1.165, 1.54) is 18.2 Å². The van der Waals surface area contributed by atoms with Crippen LogP contribution in [-0.2, 0) is 27.8 Å². The lowest BCUT2D eigenvalue weighted by atomic mass is 9.78. The fourth-order valence-corrected chi connectivity index (χ4v) is 5.79. The minimum absolute atomic E-state index is 0.0588. The second-order valence-electron chi connectivity index (χ2n) is 9.49. The lowest BCUT2D eigenvalue weighted by Crippen LogP contribution is -2.40. The van der Waals surface area contributed by atoms with E-state index in [4.69, 9.17) is 10.5 Å². The van der Waals surface area contributed by atoms with Crippen LogP contribution in [0, 0.1) is 17.0 Å². The van der Waals surface area contributed by atoms with Crippen LogP contribution in [0.1, 0.15) is 37.3 Å². The van der Waals surface area contributed by atoms with Crippen molar-refractivity contribution >= 4 is 15.9 Å². The zero-order valence-electron chi connectivity index (χ0n) is 20.5. The molecule has 0 bridgehead atoms. The van der Waals surface area contributed by atoms with Gasteiger partial charge in [0.25, 0.3) is 0 Å². The Labute approximate surface area is 215 Å². The highest BCUT2D eigenvalue weighted by Gasteiger charge is 2.45. The van der Waals surface area contributed by atoms with Crippen LogP contribution in [-0.4, -0.2) is 26.1 Å². The predicted molar refractivity (Wildman–Crippen MR) is 138 cm³/mol. The molecule has 0 saturated heterocycles. The summed E-state index contributed by atoms with van der Waals surface area (Å²) in [4.78, 5) is 12.6. The smallest absolute Gasteiger partial charge is 0.224 e. The molecule has 0 spiro atoms. The third-order valence-corrected chi connectivity index (χ3v) is 8.37. The van der Waals surface area contributed by atoms with Gasteiger partial charge in [-0.2, -0.15) is 0 Å². The molecular weight excluding hydrogens is 498 g/mol. The second-order valence-corrected chi connectivity index (χ2v) is 11.5. The molecule has 1 fully saturated rings. The topological polar surface area (TPSA) is 98.5 Å². The molecule has 1 amide bonds. The summed E-state index contributed by atoms with van der Waals surface area (Å²) in [5.41, 5.74) is 6.68. The van der Waals surface area contributed by atoms with E-state index in [0.717, 1.165) is 5.56 Å². The molecule has 196 valence electrons. The molecule has 9 heteroatoms. The summed E-state index contributed by atoms with van der Waals surface area (Å²) in [6.07, 6.45) is 1.32. The van der Waals surface area contributed by atoms with Crippen LogP contribution >= 0.6 is 0 Å². The maximum atomic E-state index is 15.0. The molecule has 3 aromatic carbocycles. The number of hydrogen-bond donors (Lipinski definition) is 2. The maximum absolute atomic E-state index is 15.0. The zero-order chi connectivity index (χ0) is 26.6. The summed E-state index contributed by atoms with van der Waals surface area (Å²) in [5, 5.41) is 0. The molecule has 6 nitrogen and oxygen atoms in total. The molecule has 0 aliphatic heterocycles. The lowest BCUT2D eigenvalue weighted by molar-refractivity contribution is -0.127. The van der Waals surface area contributed by atoms with Crippen LogP contribution in [0.2, 0.25) is 0 Å². The highest BCUT2D eigenvalue weighted by atomic mass is 32.2.